The lowest BCUT2D eigenvalue weighted by Crippen LogP contribution is -2.54. The summed E-state index contributed by atoms with van der Waals surface area (Å²) in [5, 5.41) is 10.9. The number of halogens is 5. The zero-order valence-corrected chi connectivity index (χ0v) is 59.1. The Kier molecular flexibility index (Phi) is 21.4. The van der Waals surface area contributed by atoms with Crippen molar-refractivity contribution >= 4 is 58.0 Å². The summed E-state index contributed by atoms with van der Waals surface area (Å²) in [6, 6.07) is 31.9. The fourth-order valence-corrected chi connectivity index (χ4v) is 14.8. The van der Waals surface area contributed by atoms with Crippen LogP contribution in [0.25, 0.3) is 11.1 Å². The van der Waals surface area contributed by atoms with Crippen molar-refractivity contribution in [2.75, 3.05) is 76.4 Å². The van der Waals surface area contributed by atoms with Gasteiger partial charge in [-0.2, -0.15) is 14.9 Å². The van der Waals surface area contributed by atoms with Crippen molar-refractivity contribution in [3.05, 3.63) is 137 Å². The maximum Gasteiger partial charge on any atom is 0.498 e. The smallest absolute Gasteiger partial charge is 0.497 e. The summed E-state index contributed by atoms with van der Waals surface area (Å²) < 4.78 is 84.6. The third kappa shape index (κ3) is 17.0. The number of nitrogens with zero attached hydrogens (tertiary/aromatic N) is 9. The number of carbonyl (C=O) groups excluding carboxylic acids is 3. The van der Waals surface area contributed by atoms with Crippen LogP contribution in [0.15, 0.2) is 126 Å². The number of hydrogen-bond donors (Lipinski definition) is 1. The number of ether oxygens (including phenoxy) is 3. The predicted octanol–water partition coefficient (Wildman–Crippen LogP) is 14.7. The van der Waals surface area contributed by atoms with E-state index in [9.17, 15) is 31.9 Å². The van der Waals surface area contributed by atoms with Gasteiger partial charge in [0.15, 0.2) is 0 Å². The highest BCUT2D eigenvalue weighted by Crippen LogP contribution is 2.45. The molecule has 7 fully saturated rings. The number of amides is 4. The van der Waals surface area contributed by atoms with Crippen LogP contribution in [0.3, 0.4) is 0 Å². The first-order valence-electron chi connectivity index (χ1n) is 34.2. The largest absolute Gasteiger partial charge is 0.498 e. The number of alkyl halides is 4. The zero-order chi connectivity index (χ0) is 69.1. The molecule has 13 rings (SSSR count). The number of likely N-dealkylation sites (tertiary alicyclic amines) is 2. The van der Waals surface area contributed by atoms with E-state index in [4.69, 9.17) is 23.5 Å². The van der Waals surface area contributed by atoms with E-state index < -0.39 is 41.9 Å². The lowest BCUT2D eigenvalue weighted by atomic mass is 9.82. The zero-order valence-electron chi connectivity index (χ0n) is 57.5. The molecule has 6 aromatic rings. The summed E-state index contributed by atoms with van der Waals surface area (Å²) in [6.07, 6.45) is 12.2. The van der Waals surface area contributed by atoms with Crippen LogP contribution in [-0.2, 0) is 27.1 Å². The normalized spacial score (nSPS) is 21.6. The number of carbonyl (C=O) groups is 3. The maximum absolute atomic E-state index is 14.0. The molecule has 2 aromatic heterocycles. The molecule has 2 saturated carbocycles. The average molecular weight is 1410 g/mol. The summed E-state index contributed by atoms with van der Waals surface area (Å²) in [6.45, 7) is 20.9. The molecule has 4 aromatic carbocycles. The Balaban J connectivity index is 0.000000155. The summed E-state index contributed by atoms with van der Waals surface area (Å²) in [7, 11) is 2.77. The molecule has 0 bridgehead atoms. The van der Waals surface area contributed by atoms with Crippen LogP contribution in [0, 0.1) is 11.8 Å². The minimum absolute atomic E-state index is 0.00656. The standard InChI is InChI=1S/C31H37F2N5O2.C28H34BrF2N3O2.C14H23BN2O4/c1-40-28-4-2-3-24(17-28)21-38-29(39)37(27-7-5-25(6-8-27)26-18-34-35-19-26)22-30(38)13-15-36(16-14-30)20-23-9-11-31(32,33)12-10-23;1-36-25-4-2-3-22(17-25)19-34-26(35)33(24-7-5-23(29)6-8-24)20-27(34)13-15-32(16-14-27)18-21-9-11-28(30,31)12-10-21;1-12(2,3)19-11(18)17-9-10(8-16-17)15-20-13(4,5)14(6,7)21-15/h2-8,17-19,23H,9-16,20-22H2,1H3,(H,34,35);2-8,17,21H,9-16,18-20H2,1H3;8-9H,1-7H3. The number of anilines is 2. The minimum Gasteiger partial charge on any atom is -0.497 e. The van der Waals surface area contributed by atoms with Crippen molar-refractivity contribution in [1.82, 2.24) is 39.6 Å². The highest BCUT2D eigenvalue weighted by molar-refractivity contribution is 9.10. The van der Waals surface area contributed by atoms with Crippen molar-refractivity contribution in [1.29, 1.82) is 0 Å². The van der Waals surface area contributed by atoms with Gasteiger partial charge in [-0.15, -0.1) is 0 Å². The molecule has 5 aliphatic heterocycles. The van der Waals surface area contributed by atoms with E-state index in [0.717, 1.165) is 119 Å². The van der Waals surface area contributed by atoms with Gasteiger partial charge in [-0.3, -0.25) is 14.9 Å². The van der Waals surface area contributed by atoms with Gasteiger partial charge in [0.1, 0.15) is 17.1 Å². The monoisotopic (exact) mass is 1400 g/mol. The summed E-state index contributed by atoms with van der Waals surface area (Å²) in [4.78, 5) is 52.6. The highest BCUT2D eigenvalue weighted by atomic mass is 79.9. The van der Waals surface area contributed by atoms with E-state index in [2.05, 4.69) is 50.8 Å². The Morgan fingerprint density at radius 3 is 1.48 bits per heavy atom. The Bertz CT molecular complexity index is 3620. The van der Waals surface area contributed by atoms with Crippen LogP contribution in [0.5, 0.6) is 11.5 Å². The van der Waals surface area contributed by atoms with Crippen molar-refractivity contribution < 1.29 is 55.5 Å². The fraction of sp³-hybridized carbons (Fsp3) is 0.548. The molecule has 5 saturated heterocycles. The average Bonchev–Trinajstić information content (AvgIpc) is 1.62. The molecule has 7 aliphatic rings. The number of piperidine rings is 2. The van der Waals surface area contributed by atoms with E-state index in [1.807, 2.05) is 162 Å². The number of aromatic amines is 1. The third-order valence-electron chi connectivity index (χ3n) is 21.1. The van der Waals surface area contributed by atoms with E-state index in [-0.39, 0.29) is 48.8 Å². The number of urea groups is 2. The van der Waals surface area contributed by atoms with E-state index in [1.165, 1.54) is 0 Å². The molecular formula is C73H94BBrF4N10O8. The number of methoxy groups -OCH3 is 2. The summed E-state index contributed by atoms with van der Waals surface area (Å²) in [5.41, 5.74) is 4.65. The molecule has 18 nitrogen and oxygen atoms in total. The lowest BCUT2D eigenvalue weighted by Gasteiger charge is -2.45. The van der Waals surface area contributed by atoms with Crippen LogP contribution >= 0.6 is 15.9 Å². The molecule has 4 amide bonds. The van der Waals surface area contributed by atoms with E-state index in [0.29, 0.717) is 69.2 Å². The highest BCUT2D eigenvalue weighted by Gasteiger charge is 2.55. The van der Waals surface area contributed by atoms with Gasteiger partial charge < -0.3 is 43.1 Å². The molecular weight excluding hydrogens is 1310 g/mol. The molecule has 24 heteroatoms. The van der Waals surface area contributed by atoms with Gasteiger partial charge in [0.25, 0.3) is 0 Å². The van der Waals surface area contributed by atoms with Crippen LogP contribution in [0.2, 0.25) is 0 Å². The minimum atomic E-state index is -2.49. The van der Waals surface area contributed by atoms with Crippen molar-refractivity contribution in [3.63, 3.8) is 0 Å². The number of rotatable bonds is 14. The molecule has 0 unspecified atom stereocenters. The second-order valence-electron chi connectivity index (χ2n) is 29.6. The molecule has 2 aliphatic carbocycles. The third-order valence-corrected chi connectivity index (χ3v) is 21.6. The quantitative estimate of drug-likeness (QED) is 0.0812. The Morgan fingerprint density at radius 1 is 0.629 bits per heavy atom. The van der Waals surface area contributed by atoms with Crippen molar-refractivity contribution in [2.45, 2.75) is 178 Å². The number of H-pyrrole nitrogens is 1. The lowest BCUT2D eigenvalue weighted by molar-refractivity contribution is -0.0510. The predicted molar refractivity (Wildman–Crippen MR) is 371 cm³/mol. The number of aromatic nitrogens is 4. The second-order valence-corrected chi connectivity index (χ2v) is 30.5. The van der Waals surface area contributed by atoms with Crippen LogP contribution in [0.4, 0.5) is 43.3 Å². The SMILES string of the molecule is CC(C)(C)OC(=O)n1cc(B2OC(C)(C)C(C)(C)O2)cn1.COc1cccc(CN2C(=O)N(c3ccc(-c4cn[nH]c4)cc3)CC23CCN(CC2CCC(F)(F)CC2)CC3)c1.COc1cccc(CN2C(=O)N(c3ccc(Br)cc3)CC23CCN(CC2CCC(F)(F)CC2)CC3)c1. The molecule has 0 atom stereocenters. The van der Waals surface area contributed by atoms with E-state index in [1.54, 1.807) is 32.8 Å². The Hall–Kier alpha value is -6.99. The van der Waals surface area contributed by atoms with Gasteiger partial charge in [-0.05, 0) is 189 Å². The van der Waals surface area contributed by atoms with Crippen LogP contribution in [-0.4, -0.2) is 171 Å². The first-order valence-corrected chi connectivity index (χ1v) is 34.9. The molecule has 97 heavy (non-hydrogen) atoms. The molecule has 522 valence electrons. The van der Waals surface area contributed by atoms with Gasteiger partial charge in [0, 0.05) is 124 Å². The van der Waals surface area contributed by atoms with Crippen molar-refractivity contribution in [2.24, 2.45) is 11.8 Å². The van der Waals surface area contributed by atoms with Gasteiger partial charge in [-0.25, -0.2) is 31.9 Å². The summed E-state index contributed by atoms with van der Waals surface area (Å²) >= 11 is 3.49. The van der Waals surface area contributed by atoms with Gasteiger partial charge in [0.05, 0.1) is 55.8 Å². The molecule has 2 spiro atoms. The molecule has 0 radical (unpaired) electrons. The van der Waals surface area contributed by atoms with Gasteiger partial charge in [0.2, 0.25) is 11.8 Å². The van der Waals surface area contributed by atoms with Crippen molar-refractivity contribution in [3.8, 4) is 22.6 Å². The Morgan fingerprint density at radius 2 is 1.07 bits per heavy atom. The maximum atomic E-state index is 14.0. The number of nitrogens with one attached hydrogen (secondary N) is 1. The van der Waals surface area contributed by atoms with Crippen LogP contribution in [0.1, 0.15) is 137 Å². The fourth-order valence-electron chi connectivity index (χ4n) is 14.5. The van der Waals surface area contributed by atoms with Gasteiger partial charge >= 0.3 is 25.3 Å². The van der Waals surface area contributed by atoms with E-state index >= 15 is 0 Å². The number of hydrogen-bond acceptors (Lipinski definition) is 12. The molecule has 1 N–H and O–H groups in total. The summed E-state index contributed by atoms with van der Waals surface area (Å²) in [5.74, 6) is -2.74. The Labute approximate surface area is 576 Å². The first kappa shape index (κ1) is 71.3. The second kappa shape index (κ2) is 29.1. The molecule has 7 heterocycles. The number of benzene rings is 4. The first-order chi connectivity index (χ1) is 46.0. The van der Waals surface area contributed by atoms with Gasteiger partial charge in [-0.1, -0.05) is 52.3 Å². The van der Waals surface area contributed by atoms with Crippen LogP contribution < -0.4 is 24.7 Å². The topological polar surface area (TPSA) is 163 Å².